The molecule has 2 rings (SSSR count). The number of carbonyl (C=O) groups is 1. The Morgan fingerprint density at radius 1 is 1.35 bits per heavy atom. The SMILES string of the molecule is O=C1NC=CC=CN1[C@@H]1O[C@@H](CO)[C@H](O)[C@H]1O. The zero-order valence-electron chi connectivity index (χ0n) is 8.93. The Kier molecular flexibility index (Phi) is 3.43. The molecule has 7 nitrogen and oxygen atoms in total. The number of urea groups is 1. The van der Waals surface area contributed by atoms with E-state index in [-0.39, 0.29) is 0 Å². The number of hydrogen-bond acceptors (Lipinski definition) is 5. The van der Waals surface area contributed by atoms with Gasteiger partial charge in [-0.1, -0.05) is 0 Å². The van der Waals surface area contributed by atoms with Crippen LogP contribution in [0.25, 0.3) is 0 Å². The summed E-state index contributed by atoms with van der Waals surface area (Å²) < 4.78 is 5.24. The van der Waals surface area contributed by atoms with Crippen molar-refractivity contribution in [2.24, 2.45) is 0 Å². The summed E-state index contributed by atoms with van der Waals surface area (Å²) in [5, 5.41) is 30.7. The molecule has 4 N–H and O–H groups in total. The second kappa shape index (κ2) is 4.84. The van der Waals surface area contributed by atoms with E-state index in [1.54, 1.807) is 12.2 Å². The highest BCUT2D eigenvalue weighted by atomic mass is 16.6. The van der Waals surface area contributed by atoms with Crippen LogP contribution in [-0.2, 0) is 4.74 Å². The predicted molar refractivity (Wildman–Crippen MR) is 56.4 cm³/mol. The van der Waals surface area contributed by atoms with Gasteiger partial charge >= 0.3 is 6.03 Å². The zero-order chi connectivity index (χ0) is 12.4. The molecule has 0 aromatic heterocycles. The number of hydrogen-bond donors (Lipinski definition) is 4. The highest BCUT2D eigenvalue weighted by molar-refractivity contribution is 5.77. The molecule has 2 amide bonds. The number of ether oxygens (including phenoxy) is 1. The summed E-state index contributed by atoms with van der Waals surface area (Å²) in [6, 6.07) is -0.482. The van der Waals surface area contributed by atoms with Gasteiger partial charge in [0.15, 0.2) is 6.23 Å². The predicted octanol–water partition coefficient (Wildman–Crippen LogP) is -1.52. The van der Waals surface area contributed by atoms with Gasteiger partial charge in [-0.15, -0.1) is 0 Å². The number of carbonyl (C=O) groups excluding carboxylic acids is 1. The number of amides is 2. The van der Waals surface area contributed by atoms with Crippen LogP contribution in [0.4, 0.5) is 4.79 Å². The van der Waals surface area contributed by atoms with E-state index in [0.717, 1.165) is 4.90 Å². The summed E-state index contributed by atoms with van der Waals surface area (Å²) in [7, 11) is 0. The molecule has 0 spiro atoms. The molecular formula is C10H14N2O5. The topological polar surface area (TPSA) is 102 Å². The maximum atomic E-state index is 11.6. The number of nitrogens with zero attached hydrogens (tertiary/aromatic N) is 1. The van der Waals surface area contributed by atoms with Crippen molar-refractivity contribution in [1.82, 2.24) is 10.2 Å². The van der Waals surface area contributed by atoms with Crippen LogP contribution in [0.5, 0.6) is 0 Å². The van der Waals surface area contributed by atoms with E-state index in [1.165, 1.54) is 12.4 Å². The van der Waals surface area contributed by atoms with E-state index < -0.39 is 37.2 Å². The highest BCUT2D eigenvalue weighted by Crippen LogP contribution is 2.24. The van der Waals surface area contributed by atoms with Gasteiger partial charge in [-0.3, -0.25) is 4.90 Å². The fraction of sp³-hybridized carbons (Fsp3) is 0.500. The molecule has 0 unspecified atom stereocenters. The van der Waals surface area contributed by atoms with Crippen molar-refractivity contribution < 1.29 is 24.9 Å². The smallest absolute Gasteiger partial charge is 0.327 e. The number of allylic oxidation sites excluding steroid dienone is 2. The lowest BCUT2D eigenvalue weighted by atomic mass is 10.1. The van der Waals surface area contributed by atoms with Gasteiger partial charge in [0.25, 0.3) is 0 Å². The third-order valence-electron chi connectivity index (χ3n) is 2.69. The van der Waals surface area contributed by atoms with E-state index in [4.69, 9.17) is 9.84 Å². The van der Waals surface area contributed by atoms with Crippen LogP contribution in [0.3, 0.4) is 0 Å². The van der Waals surface area contributed by atoms with Crippen molar-refractivity contribution >= 4 is 6.03 Å². The number of aliphatic hydroxyl groups excluding tert-OH is 3. The Labute approximate surface area is 97.6 Å². The number of nitrogens with one attached hydrogen (secondary N) is 1. The Morgan fingerprint density at radius 3 is 2.76 bits per heavy atom. The van der Waals surface area contributed by atoms with Crippen LogP contribution in [0.2, 0.25) is 0 Å². The van der Waals surface area contributed by atoms with Crippen LogP contribution in [0.15, 0.2) is 24.6 Å². The molecule has 2 heterocycles. The van der Waals surface area contributed by atoms with E-state index in [9.17, 15) is 15.0 Å². The van der Waals surface area contributed by atoms with Gasteiger partial charge in [-0.25, -0.2) is 4.79 Å². The molecule has 94 valence electrons. The number of aliphatic hydroxyl groups is 3. The van der Waals surface area contributed by atoms with Gasteiger partial charge < -0.3 is 25.4 Å². The maximum absolute atomic E-state index is 11.6. The minimum atomic E-state index is -1.26. The average Bonchev–Trinajstić information content (AvgIpc) is 2.51. The Balaban J connectivity index is 2.15. The molecule has 17 heavy (non-hydrogen) atoms. The Hall–Kier alpha value is -1.41. The first kappa shape index (κ1) is 12.1. The molecular weight excluding hydrogens is 228 g/mol. The molecule has 0 aliphatic carbocycles. The average molecular weight is 242 g/mol. The van der Waals surface area contributed by atoms with Crippen molar-refractivity contribution in [2.45, 2.75) is 24.5 Å². The van der Waals surface area contributed by atoms with Gasteiger partial charge in [0, 0.05) is 12.4 Å². The lowest BCUT2D eigenvalue weighted by Gasteiger charge is -2.26. The van der Waals surface area contributed by atoms with Crippen molar-refractivity contribution in [3.63, 3.8) is 0 Å². The first-order valence-corrected chi connectivity index (χ1v) is 5.20. The van der Waals surface area contributed by atoms with Crippen LogP contribution < -0.4 is 5.32 Å². The molecule has 0 bridgehead atoms. The summed E-state index contributed by atoms with van der Waals surface area (Å²) in [6.07, 6.45) is 1.68. The Bertz CT molecular complexity index is 357. The van der Waals surface area contributed by atoms with Gasteiger partial charge in [0.05, 0.1) is 6.61 Å². The first-order chi connectivity index (χ1) is 8.15. The van der Waals surface area contributed by atoms with Crippen LogP contribution >= 0.6 is 0 Å². The minimum Gasteiger partial charge on any atom is -0.394 e. The molecule has 0 saturated carbocycles. The highest BCUT2D eigenvalue weighted by Gasteiger charge is 2.46. The molecule has 0 aromatic rings. The van der Waals surface area contributed by atoms with Crippen LogP contribution in [0.1, 0.15) is 0 Å². The second-order valence-corrected chi connectivity index (χ2v) is 3.79. The van der Waals surface area contributed by atoms with E-state index in [1.807, 2.05) is 0 Å². The maximum Gasteiger partial charge on any atom is 0.327 e. The quantitative estimate of drug-likeness (QED) is 0.471. The third kappa shape index (κ3) is 2.18. The Morgan fingerprint density at radius 2 is 2.12 bits per heavy atom. The van der Waals surface area contributed by atoms with Crippen LogP contribution in [-0.4, -0.2) is 57.4 Å². The van der Waals surface area contributed by atoms with Crippen molar-refractivity contribution in [1.29, 1.82) is 0 Å². The fourth-order valence-corrected chi connectivity index (χ4v) is 1.77. The molecule has 0 aromatic carbocycles. The van der Waals surface area contributed by atoms with Gasteiger partial charge in [-0.05, 0) is 12.2 Å². The lowest BCUT2D eigenvalue weighted by Crippen LogP contribution is -2.47. The van der Waals surface area contributed by atoms with E-state index in [2.05, 4.69) is 5.32 Å². The lowest BCUT2D eigenvalue weighted by molar-refractivity contribution is -0.0645. The van der Waals surface area contributed by atoms with Crippen molar-refractivity contribution in [3.8, 4) is 0 Å². The van der Waals surface area contributed by atoms with Crippen molar-refractivity contribution in [2.75, 3.05) is 6.61 Å². The molecule has 7 heteroatoms. The van der Waals surface area contributed by atoms with Gasteiger partial charge in [0.1, 0.15) is 18.3 Å². The van der Waals surface area contributed by atoms with Crippen LogP contribution in [0, 0.1) is 0 Å². The van der Waals surface area contributed by atoms with Gasteiger partial charge in [-0.2, -0.15) is 0 Å². The monoisotopic (exact) mass is 242 g/mol. The first-order valence-electron chi connectivity index (χ1n) is 5.20. The summed E-state index contributed by atoms with van der Waals surface area (Å²) in [4.78, 5) is 12.8. The normalized spacial score (nSPS) is 37.1. The summed E-state index contributed by atoms with van der Waals surface area (Å²) in [5.41, 5.74) is 0. The fourth-order valence-electron chi connectivity index (χ4n) is 1.77. The van der Waals surface area contributed by atoms with E-state index >= 15 is 0 Å². The summed E-state index contributed by atoms with van der Waals surface area (Å²) in [5.74, 6) is 0. The molecule has 2 aliphatic rings. The summed E-state index contributed by atoms with van der Waals surface area (Å²) >= 11 is 0. The molecule has 1 fully saturated rings. The van der Waals surface area contributed by atoms with Crippen molar-refractivity contribution in [3.05, 3.63) is 24.6 Å². The van der Waals surface area contributed by atoms with E-state index in [0.29, 0.717) is 0 Å². The van der Waals surface area contributed by atoms with Gasteiger partial charge in [0.2, 0.25) is 0 Å². The molecule has 0 radical (unpaired) electrons. The molecule has 4 atom stereocenters. The largest absolute Gasteiger partial charge is 0.394 e. The molecule has 2 aliphatic heterocycles. The minimum absolute atomic E-state index is 0.424. The number of rotatable bonds is 2. The molecule has 1 saturated heterocycles. The zero-order valence-corrected chi connectivity index (χ0v) is 8.93. The second-order valence-electron chi connectivity index (χ2n) is 3.79. The standard InChI is InChI=1S/C10H14N2O5/c13-5-6-7(14)8(15)9(17-6)12-4-2-1-3-11-10(12)16/h1-4,6-9,13-15H,5H2,(H,11,16)/t6-,7-,8+,9+/m0/s1. The third-order valence-corrected chi connectivity index (χ3v) is 2.69. The summed E-state index contributed by atoms with van der Waals surface area (Å²) in [6.45, 7) is -0.424.